The second-order valence-electron chi connectivity index (χ2n) is 5.25. The SMILES string of the molecule is Cc1ccc2c(c1)C(C(=O)O)CN(C1CC1)C2. The maximum Gasteiger partial charge on any atom is 0.312 e. The van der Waals surface area contributed by atoms with Gasteiger partial charge in [-0.1, -0.05) is 23.8 Å². The van der Waals surface area contributed by atoms with Crippen LogP contribution in [0.15, 0.2) is 18.2 Å². The normalized spacial score (nSPS) is 24.4. The van der Waals surface area contributed by atoms with Crippen molar-refractivity contribution in [2.75, 3.05) is 6.54 Å². The summed E-state index contributed by atoms with van der Waals surface area (Å²) in [6.45, 7) is 3.62. The minimum Gasteiger partial charge on any atom is -0.481 e. The molecule has 0 aromatic heterocycles. The summed E-state index contributed by atoms with van der Waals surface area (Å²) >= 11 is 0. The van der Waals surface area contributed by atoms with E-state index in [0.717, 1.165) is 17.7 Å². The van der Waals surface area contributed by atoms with Crippen LogP contribution in [0, 0.1) is 6.92 Å². The van der Waals surface area contributed by atoms with Gasteiger partial charge in [0.05, 0.1) is 5.92 Å². The number of aliphatic carboxylic acids is 1. The molecule has 17 heavy (non-hydrogen) atoms. The number of nitrogens with zero attached hydrogens (tertiary/aromatic N) is 1. The lowest BCUT2D eigenvalue weighted by molar-refractivity contribution is -0.139. The number of aryl methyl sites for hydroxylation is 1. The van der Waals surface area contributed by atoms with Crippen LogP contribution in [-0.4, -0.2) is 28.6 Å². The molecule has 90 valence electrons. The molecule has 1 unspecified atom stereocenters. The summed E-state index contributed by atoms with van der Waals surface area (Å²) in [4.78, 5) is 13.7. The van der Waals surface area contributed by atoms with Crippen molar-refractivity contribution in [2.24, 2.45) is 0 Å². The summed E-state index contributed by atoms with van der Waals surface area (Å²) in [5.74, 6) is -1.04. The summed E-state index contributed by atoms with van der Waals surface area (Å²) in [6.07, 6.45) is 2.46. The highest BCUT2D eigenvalue weighted by atomic mass is 16.4. The molecule has 1 heterocycles. The van der Waals surface area contributed by atoms with E-state index in [2.05, 4.69) is 17.0 Å². The summed E-state index contributed by atoms with van der Waals surface area (Å²) in [7, 11) is 0. The van der Waals surface area contributed by atoms with Gasteiger partial charge in [0.2, 0.25) is 0 Å². The zero-order chi connectivity index (χ0) is 12.0. The molecule has 1 aromatic rings. The van der Waals surface area contributed by atoms with Crippen LogP contribution < -0.4 is 0 Å². The highest BCUT2D eigenvalue weighted by molar-refractivity contribution is 5.77. The molecule has 0 spiro atoms. The molecule has 0 bridgehead atoms. The van der Waals surface area contributed by atoms with Gasteiger partial charge in [-0.2, -0.15) is 0 Å². The van der Waals surface area contributed by atoms with Crippen LogP contribution in [0.25, 0.3) is 0 Å². The van der Waals surface area contributed by atoms with Crippen LogP contribution >= 0.6 is 0 Å². The predicted molar refractivity (Wildman–Crippen MR) is 65.0 cm³/mol. The number of carboxylic acids is 1. The van der Waals surface area contributed by atoms with Gasteiger partial charge in [0.25, 0.3) is 0 Å². The number of carbonyl (C=O) groups is 1. The highest BCUT2D eigenvalue weighted by Crippen LogP contribution is 2.36. The molecule has 0 radical (unpaired) electrons. The molecule has 1 aliphatic heterocycles. The first kappa shape index (κ1) is 10.8. The van der Waals surface area contributed by atoms with Gasteiger partial charge >= 0.3 is 5.97 Å². The van der Waals surface area contributed by atoms with E-state index in [1.807, 2.05) is 13.0 Å². The predicted octanol–water partition coefficient (Wildman–Crippen LogP) is 2.14. The molecular formula is C14H17NO2. The third-order valence-corrected chi connectivity index (χ3v) is 3.83. The van der Waals surface area contributed by atoms with Gasteiger partial charge in [-0.3, -0.25) is 9.69 Å². The maximum absolute atomic E-state index is 11.4. The zero-order valence-electron chi connectivity index (χ0n) is 10.0. The molecule has 2 aliphatic rings. The van der Waals surface area contributed by atoms with E-state index in [4.69, 9.17) is 0 Å². The lowest BCUT2D eigenvalue weighted by Gasteiger charge is -2.33. The van der Waals surface area contributed by atoms with Gasteiger partial charge in [0, 0.05) is 19.1 Å². The average molecular weight is 231 g/mol. The molecule has 1 aliphatic carbocycles. The van der Waals surface area contributed by atoms with E-state index in [-0.39, 0.29) is 5.92 Å². The van der Waals surface area contributed by atoms with Crippen LogP contribution in [0.4, 0.5) is 0 Å². The van der Waals surface area contributed by atoms with Crippen LogP contribution in [-0.2, 0) is 11.3 Å². The van der Waals surface area contributed by atoms with E-state index in [0.29, 0.717) is 12.6 Å². The molecule has 1 atom stereocenters. The number of rotatable bonds is 2. The largest absolute Gasteiger partial charge is 0.481 e. The van der Waals surface area contributed by atoms with E-state index in [1.54, 1.807) is 0 Å². The summed E-state index contributed by atoms with van der Waals surface area (Å²) in [6, 6.07) is 6.84. The number of carboxylic acid groups (broad SMARTS) is 1. The number of hydrogen-bond donors (Lipinski definition) is 1. The fourth-order valence-corrected chi connectivity index (χ4v) is 2.73. The van der Waals surface area contributed by atoms with Crippen LogP contribution in [0.5, 0.6) is 0 Å². The standard InChI is InChI=1S/C14H17NO2/c1-9-2-3-10-7-15(11-4-5-11)8-13(14(16)17)12(10)6-9/h2-3,6,11,13H,4-5,7-8H2,1H3,(H,16,17). The van der Waals surface area contributed by atoms with Gasteiger partial charge in [0.15, 0.2) is 0 Å². The third kappa shape index (κ3) is 1.95. The minimum absolute atomic E-state index is 0.348. The van der Waals surface area contributed by atoms with E-state index in [9.17, 15) is 9.90 Å². The summed E-state index contributed by atoms with van der Waals surface area (Å²) in [5.41, 5.74) is 3.37. The van der Waals surface area contributed by atoms with Crippen LogP contribution in [0.2, 0.25) is 0 Å². The number of benzene rings is 1. The minimum atomic E-state index is -0.692. The maximum atomic E-state index is 11.4. The van der Waals surface area contributed by atoms with Crippen molar-refractivity contribution in [3.8, 4) is 0 Å². The fourth-order valence-electron chi connectivity index (χ4n) is 2.73. The molecule has 1 saturated carbocycles. The molecule has 3 nitrogen and oxygen atoms in total. The molecule has 3 rings (SSSR count). The Kier molecular flexibility index (Phi) is 2.44. The Morgan fingerprint density at radius 2 is 2.18 bits per heavy atom. The van der Waals surface area contributed by atoms with Crippen LogP contribution in [0.3, 0.4) is 0 Å². The first-order valence-electron chi connectivity index (χ1n) is 6.21. The van der Waals surface area contributed by atoms with Gasteiger partial charge in [-0.15, -0.1) is 0 Å². The van der Waals surface area contributed by atoms with Gasteiger partial charge in [-0.05, 0) is 30.9 Å². The Balaban J connectivity index is 1.98. The van der Waals surface area contributed by atoms with Crippen LogP contribution in [0.1, 0.15) is 35.4 Å². The van der Waals surface area contributed by atoms with E-state index < -0.39 is 5.97 Å². The monoisotopic (exact) mass is 231 g/mol. The lowest BCUT2D eigenvalue weighted by Crippen LogP contribution is -2.38. The fraction of sp³-hybridized carbons (Fsp3) is 0.500. The topological polar surface area (TPSA) is 40.5 Å². The summed E-state index contributed by atoms with van der Waals surface area (Å²) < 4.78 is 0. The Morgan fingerprint density at radius 1 is 1.41 bits per heavy atom. The van der Waals surface area contributed by atoms with Gasteiger partial charge in [-0.25, -0.2) is 0 Å². The Morgan fingerprint density at radius 3 is 2.82 bits per heavy atom. The smallest absolute Gasteiger partial charge is 0.312 e. The lowest BCUT2D eigenvalue weighted by atomic mass is 9.88. The molecule has 1 N–H and O–H groups in total. The Bertz CT molecular complexity index is 465. The molecular weight excluding hydrogens is 214 g/mol. The Hall–Kier alpha value is -1.35. The summed E-state index contributed by atoms with van der Waals surface area (Å²) in [5, 5.41) is 9.37. The van der Waals surface area contributed by atoms with Crippen molar-refractivity contribution in [2.45, 2.75) is 38.3 Å². The van der Waals surface area contributed by atoms with Crippen molar-refractivity contribution >= 4 is 5.97 Å². The van der Waals surface area contributed by atoms with Crippen molar-refractivity contribution in [1.82, 2.24) is 4.90 Å². The third-order valence-electron chi connectivity index (χ3n) is 3.83. The molecule has 0 amide bonds. The number of fused-ring (bicyclic) bond motifs is 1. The van der Waals surface area contributed by atoms with Crippen molar-refractivity contribution in [1.29, 1.82) is 0 Å². The van der Waals surface area contributed by atoms with Crippen molar-refractivity contribution in [3.05, 3.63) is 34.9 Å². The molecule has 1 aromatic carbocycles. The van der Waals surface area contributed by atoms with Crippen molar-refractivity contribution < 1.29 is 9.90 Å². The van der Waals surface area contributed by atoms with E-state index >= 15 is 0 Å². The Labute approximate surface area is 101 Å². The van der Waals surface area contributed by atoms with E-state index in [1.165, 1.54) is 18.4 Å². The van der Waals surface area contributed by atoms with Crippen molar-refractivity contribution in [3.63, 3.8) is 0 Å². The highest BCUT2D eigenvalue weighted by Gasteiger charge is 2.37. The average Bonchev–Trinajstić information content (AvgIpc) is 3.11. The second-order valence-corrected chi connectivity index (χ2v) is 5.25. The first-order chi connectivity index (χ1) is 8.15. The van der Waals surface area contributed by atoms with Gasteiger partial charge in [0.1, 0.15) is 0 Å². The second kappa shape index (κ2) is 3.84. The first-order valence-corrected chi connectivity index (χ1v) is 6.21. The zero-order valence-corrected chi connectivity index (χ0v) is 10.0. The van der Waals surface area contributed by atoms with Gasteiger partial charge < -0.3 is 5.11 Å². The quantitative estimate of drug-likeness (QED) is 0.847. The number of hydrogen-bond acceptors (Lipinski definition) is 2. The molecule has 3 heteroatoms. The molecule has 1 fully saturated rings. The molecule has 0 saturated heterocycles.